The third kappa shape index (κ3) is 10.4. The second-order valence-corrected chi connectivity index (χ2v) is 28.9. The highest BCUT2D eigenvalue weighted by molar-refractivity contribution is 7.28. The van der Waals surface area contributed by atoms with Crippen LogP contribution in [0.1, 0.15) is 56.3 Å². The van der Waals surface area contributed by atoms with Crippen LogP contribution in [0.4, 0.5) is 34.1 Å². The molecule has 0 amide bonds. The molecule has 107 heavy (non-hydrogen) atoms. The molecule has 0 spiro atoms. The molecular formula is C100H64BN5S. The summed E-state index contributed by atoms with van der Waals surface area (Å²) in [5.41, 5.74) is 30.7. The lowest BCUT2D eigenvalue weighted by molar-refractivity contribution is 0.943. The van der Waals surface area contributed by atoms with Gasteiger partial charge in [-0.1, -0.05) is 266 Å². The minimum atomic E-state index is -0.425. The molecule has 0 fully saturated rings. The number of rotatable bonds is 13. The number of nitrogens with zero attached hydrogens (tertiary/aromatic N) is 5. The Labute approximate surface area is 626 Å². The maximum absolute atomic E-state index is 10.4. The van der Waals surface area contributed by atoms with E-state index in [1.54, 1.807) is 0 Å². The van der Waals surface area contributed by atoms with Crippen LogP contribution in [0.15, 0.2) is 376 Å². The van der Waals surface area contributed by atoms with Gasteiger partial charge in [-0.25, -0.2) is 0 Å². The third-order valence-electron chi connectivity index (χ3n) is 22.1. The summed E-state index contributed by atoms with van der Waals surface area (Å²) in [4.78, 5) is 4.81. The zero-order valence-electron chi connectivity index (χ0n) is 58.2. The van der Waals surface area contributed by atoms with Gasteiger partial charge in [0.1, 0.15) is 0 Å². The van der Waals surface area contributed by atoms with Crippen LogP contribution in [0.25, 0.3) is 92.2 Å². The lowest BCUT2D eigenvalue weighted by Crippen LogP contribution is -2.62. The first-order valence-electron chi connectivity index (χ1n) is 36.5. The fraction of sp³-hybridized carbons (Fsp3) is 0.0200. The van der Waals surface area contributed by atoms with Crippen LogP contribution < -0.4 is 26.2 Å². The Morgan fingerprint density at radius 2 is 0.701 bits per heavy atom. The van der Waals surface area contributed by atoms with Crippen molar-refractivity contribution in [2.45, 2.75) is 11.8 Å². The Bertz CT molecular complexity index is 6400. The van der Waals surface area contributed by atoms with Crippen molar-refractivity contribution < 1.29 is 0 Å². The highest BCUT2D eigenvalue weighted by Crippen LogP contribution is 2.55. The van der Waals surface area contributed by atoms with Gasteiger partial charge in [-0.05, 0) is 205 Å². The molecule has 5 nitrogen and oxygen atoms in total. The highest BCUT2D eigenvalue weighted by Gasteiger charge is 2.49. The summed E-state index contributed by atoms with van der Waals surface area (Å²) in [7, 11) is 0. The maximum atomic E-state index is 10.4. The van der Waals surface area contributed by atoms with E-state index in [4.69, 9.17) is 0 Å². The van der Waals surface area contributed by atoms with Crippen molar-refractivity contribution in [1.29, 1.82) is 10.5 Å². The maximum Gasteiger partial charge on any atom is 0.244 e. The molecule has 2 aromatic heterocycles. The van der Waals surface area contributed by atoms with Gasteiger partial charge in [0.25, 0.3) is 0 Å². The molecule has 2 unspecified atom stereocenters. The average molecular weight is 1380 g/mol. The fourth-order valence-corrected chi connectivity index (χ4v) is 19.0. The lowest BCUT2D eigenvalue weighted by atomic mass is 9.28. The van der Waals surface area contributed by atoms with Gasteiger partial charge in [-0.15, -0.1) is 11.3 Å². The van der Waals surface area contributed by atoms with Crippen molar-refractivity contribution in [1.82, 2.24) is 4.57 Å². The number of hydrogen-bond acceptors (Lipinski definition) is 5. The standard InChI is InChI=1S/C100H64BN5S/c102-63-65-49-53-73(54-50-65)104(71-35-15-5-16-36-71)75-57-58-88-84(59-75)95(93-77(67-27-7-1-8-28-67)42-25-43-78(93)68-29-9-2-10-30-68)85-60-76(106-89-46-22-19-39-81(89)82-40-20-23-47-90(82)106)61-86-96(94-79(69-31-11-3-12-32-69)44-26-45-80(94)70-33-13-4-14-34-70)87-62-91(105(72-37-17-6-18-38-72)74-55-51-66(64-103)52-56-74)97-83-41-21-24-48-92(83)107-100(97)99(87)101(88)98(85)86/h1-62,95-96H. The number of hydrogen-bond donors (Lipinski definition) is 0. The van der Waals surface area contributed by atoms with E-state index in [0.29, 0.717) is 11.1 Å². The second-order valence-electron chi connectivity index (χ2n) is 27.9. The molecule has 4 heterocycles. The van der Waals surface area contributed by atoms with Gasteiger partial charge in [0.2, 0.25) is 6.71 Å². The van der Waals surface area contributed by atoms with E-state index >= 15 is 0 Å². The molecule has 0 bridgehead atoms. The molecule has 0 N–H and O–H groups in total. The summed E-state index contributed by atoms with van der Waals surface area (Å²) >= 11 is 1.90. The van der Waals surface area contributed by atoms with Crippen molar-refractivity contribution in [3.8, 4) is 62.3 Å². The SMILES string of the molecule is N#Cc1ccc(N(c2ccccc2)c2ccc3c(c2)C(c2c(-c4ccccc4)cccc2-c2ccccc2)c2cc(-n4c5ccccc5c5ccccc54)cc4c2B3c2c(cc(N(c3ccccc3)c3ccc(C#N)cc3)c3c2sc2ccccc23)C4c2c(-c3ccccc3)cccc2-c2ccccc2)cc1. The number of aromatic nitrogens is 1. The van der Waals surface area contributed by atoms with Crippen LogP contribution >= 0.6 is 11.3 Å². The Kier molecular flexibility index (Phi) is 15.4. The van der Waals surface area contributed by atoms with Crippen molar-refractivity contribution in [3.05, 3.63) is 421 Å². The summed E-state index contributed by atoms with van der Waals surface area (Å²) < 4.78 is 4.97. The van der Waals surface area contributed by atoms with Gasteiger partial charge >= 0.3 is 0 Å². The minimum absolute atomic E-state index is 0.336. The smallest absolute Gasteiger partial charge is 0.244 e. The molecule has 2 atom stereocenters. The van der Waals surface area contributed by atoms with Crippen LogP contribution in [0.2, 0.25) is 0 Å². The number of anilines is 6. The number of nitriles is 2. The van der Waals surface area contributed by atoms with E-state index in [2.05, 4.69) is 378 Å². The van der Waals surface area contributed by atoms with Crippen molar-refractivity contribution in [2.75, 3.05) is 9.80 Å². The first kappa shape index (κ1) is 62.9. The first-order chi connectivity index (χ1) is 53.0. The van der Waals surface area contributed by atoms with E-state index < -0.39 is 11.8 Å². The van der Waals surface area contributed by atoms with Crippen LogP contribution in [0, 0.1) is 22.7 Å². The van der Waals surface area contributed by atoms with Crippen LogP contribution in [0.3, 0.4) is 0 Å². The lowest BCUT2D eigenvalue weighted by Gasteiger charge is -2.44. The first-order valence-corrected chi connectivity index (χ1v) is 37.3. The van der Waals surface area contributed by atoms with Crippen molar-refractivity contribution in [2.24, 2.45) is 0 Å². The third-order valence-corrected chi connectivity index (χ3v) is 23.3. The number of benzene rings is 16. The van der Waals surface area contributed by atoms with Gasteiger partial charge in [0, 0.05) is 76.9 Å². The average Bonchev–Trinajstić information content (AvgIpc) is 1.63. The van der Waals surface area contributed by atoms with Gasteiger partial charge in [0.05, 0.1) is 40.0 Å². The molecule has 2 aliphatic rings. The zero-order valence-corrected chi connectivity index (χ0v) is 59.0. The topological polar surface area (TPSA) is 59.0 Å². The Balaban J connectivity index is 1.02. The molecule has 7 heteroatoms. The largest absolute Gasteiger partial charge is 0.310 e. The van der Waals surface area contributed by atoms with Crippen LogP contribution in [0.5, 0.6) is 0 Å². The quantitative estimate of drug-likeness (QED) is 0.108. The summed E-state index contributed by atoms with van der Waals surface area (Å²) in [5.74, 6) is -0.832. The molecule has 0 saturated heterocycles. The van der Waals surface area contributed by atoms with Crippen LogP contribution in [-0.2, 0) is 0 Å². The van der Waals surface area contributed by atoms with E-state index in [1.807, 2.05) is 35.6 Å². The van der Waals surface area contributed by atoms with Gasteiger partial charge in [-0.3, -0.25) is 0 Å². The number of para-hydroxylation sites is 4. The minimum Gasteiger partial charge on any atom is -0.310 e. The number of thiophene rings is 1. The van der Waals surface area contributed by atoms with Gasteiger partial charge in [0.15, 0.2) is 0 Å². The molecule has 0 saturated carbocycles. The highest BCUT2D eigenvalue weighted by atomic mass is 32.1. The summed E-state index contributed by atoms with van der Waals surface area (Å²) in [5, 5.41) is 25.4. The van der Waals surface area contributed by atoms with E-state index in [9.17, 15) is 10.5 Å². The molecule has 18 aromatic rings. The van der Waals surface area contributed by atoms with E-state index in [-0.39, 0.29) is 6.71 Å². The normalized spacial score (nSPS) is 13.4. The monoisotopic (exact) mass is 1380 g/mol. The predicted molar refractivity (Wildman–Crippen MR) is 447 cm³/mol. The van der Waals surface area contributed by atoms with Gasteiger partial charge < -0.3 is 14.4 Å². The summed E-state index contributed by atoms with van der Waals surface area (Å²) in [6.07, 6.45) is 0. The molecular weight excluding hydrogens is 1310 g/mol. The fourth-order valence-electron chi connectivity index (χ4n) is 17.7. The van der Waals surface area contributed by atoms with E-state index in [1.165, 1.54) is 80.7 Å². The summed E-state index contributed by atoms with van der Waals surface area (Å²) in [6, 6.07) is 143. The molecule has 16 aromatic carbocycles. The van der Waals surface area contributed by atoms with E-state index in [0.717, 1.165) is 95.4 Å². The van der Waals surface area contributed by atoms with Crippen molar-refractivity contribution in [3.63, 3.8) is 0 Å². The molecule has 0 aliphatic carbocycles. The zero-order chi connectivity index (χ0) is 71.1. The molecule has 0 radical (unpaired) electrons. The second kappa shape index (κ2) is 26.2. The Morgan fingerprint density at radius 1 is 0.318 bits per heavy atom. The van der Waals surface area contributed by atoms with Crippen molar-refractivity contribution >= 4 is 111 Å². The summed E-state index contributed by atoms with van der Waals surface area (Å²) in [6.45, 7) is -0.336. The molecule has 2 aliphatic heterocycles. The molecule has 20 rings (SSSR count). The van der Waals surface area contributed by atoms with Gasteiger partial charge in [-0.2, -0.15) is 10.5 Å². The predicted octanol–water partition coefficient (Wildman–Crippen LogP) is 24.0. The Morgan fingerprint density at radius 3 is 1.18 bits per heavy atom. The Hall–Kier alpha value is -13.8. The van der Waals surface area contributed by atoms with Crippen LogP contribution in [-0.4, -0.2) is 11.3 Å². The number of fused-ring (bicyclic) bond motifs is 11. The molecule has 498 valence electrons.